The minimum atomic E-state index is -1.48. The molecule has 0 radical (unpaired) electrons. The van der Waals surface area contributed by atoms with Crippen LogP contribution < -0.4 is 0 Å². The minimum Gasteiger partial charge on any atom is -0.304 e. The molecular formula is C20H10BrF4N. The van der Waals surface area contributed by atoms with Crippen LogP contribution >= 0.6 is 15.9 Å². The second-order valence-corrected chi connectivity index (χ2v) is 6.65. The second-order valence-electron chi connectivity index (χ2n) is 5.74. The van der Waals surface area contributed by atoms with Crippen molar-refractivity contribution in [2.45, 2.75) is 0 Å². The highest BCUT2D eigenvalue weighted by molar-refractivity contribution is 9.10. The van der Waals surface area contributed by atoms with Crippen LogP contribution in [0.5, 0.6) is 0 Å². The van der Waals surface area contributed by atoms with Crippen LogP contribution in [0, 0.1) is 23.3 Å². The number of halogens is 5. The highest BCUT2D eigenvalue weighted by Crippen LogP contribution is 2.37. The third kappa shape index (κ3) is 2.22. The predicted molar refractivity (Wildman–Crippen MR) is 98.4 cm³/mol. The molecule has 26 heavy (non-hydrogen) atoms. The van der Waals surface area contributed by atoms with E-state index in [-0.39, 0.29) is 0 Å². The first-order chi connectivity index (χ1) is 12.5. The fourth-order valence-corrected chi connectivity index (χ4v) is 3.56. The molecular weight excluding hydrogens is 410 g/mol. The van der Waals surface area contributed by atoms with Gasteiger partial charge in [-0.2, -0.15) is 0 Å². The van der Waals surface area contributed by atoms with Gasteiger partial charge in [0.25, 0.3) is 0 Å². The quantitative estimate of drug-likeness (QED) is 0.250. The Morgan fingerprint density at radius 1 is 0.808 bits per heavy atom. The number of hydrogen-bond acceptors (Lipinski definition) is 0. The lowest BCUT2D eigenvalue weighted by Crippen LogP contribution is -2.09. The standard InChI is InChI=1S/C20H10BrF4N/c1-2-11-16(22)18(24)20(19(25)17(11)23)26-14-6-4-3-5-12(14)13-9-10(21)7-8-15(13)26/h2-9H,1H2. The third-order valence-electron chi connectivity index (χ3n) is 4.34. The molecule has 0 aliphatic heterocycles. The Hall–Kier alpha value is -2.60. The number of rotatable bonds is 2. The topological polar surface area (TPSA) is 4.93 Å². The average Bonchev–Trinajstić information content (AvgIpc) is 2.95. The van der Waals surface area contributed by atoms with Gasteiger partial charge >= 0.3 is 0 Å². The van der Waals surface area contributed by atoms with E-state index in [0.29, 0.717) is 21.8 Å². The van der Waals surface area contributed by atoms with E-state index in [1.807, 2.05) is 0 Å². The van der Waals surface area contributed by atoms with Crippen molar-refractivity contribution in [1.82, 2.24) is 4.57 Å². The summed E-state index contributed by atoms with van der Waals surface area (Å²) in [5, 5.41) is 1.40. The number of benzene rings is 3. The molecule has 0 saturated carbocycles. The molecule has 0 aliphatic rings. The van der Waals surface area contributed by atoms with Gasteiger partial charge < -0.3 is 4.57 Å². The maximum absolute atomic E-state index is 14.7. The molecule has 1 nitrogen and oxygen atoms in total. The van der Waals surface area contributed by atoms with Gasteiger partial charge in [0.1, 0.15) is 5.69 Å². The number of hydrogen-bond donors (Lipinski definition) is 0. The van der Waals surface area contributed by atoms with Crippen molar-refractivity contribution in [3.05, 3.63) is 82.3 Å². The van der Waals surface area contributed by atoms with Gasteiger partial charge in [0, 0.05) is 15.2 Å². The van der Waals surface area contributed by atoms with Crippen LogP contribution in [0.25, 0.3) is 33.6 Å². The highest BCUT2D eigenvalue weighted by atomic mass is 79.9. The molecule has 0 aliphatic carbocycles. The molecule has 0 saturated heterocycles. The van der Waals surface area contributed by atoms with E-state index in [4.69, 9.17) is 0 Å². The summed E-state index contributed by atoms with van der Waals surface area (Å²) in [5.74, 6) is -5.89. The molecule has 130 valence electrons. The smallest absolute Gasteiger partial charge is 0.186 e. The summed E-state index contributed by atoms with van der Waals surface area (Å²) >= 11 is 3.37. The van der Waals surface area contributed by atoms with Crippen LogP contribution in [0.4, 0.5) is 17.6 Å². The Labute approximate surface area is 154 Å². The average molecular weight is 420 g/mol. The molecule has 0 unspecified atom stereocenters. The summed E-state index contributed by atoms with van der Waals surface area (Å²) in [5.41, 5.74) is -0.757. The summed E-state index contributed by atoms with van der Waals surface area (Å²) in [6.07, 6.45) is 0.754. The van der Waals surface area contributed by atoms with Crippen molar-refractivity contribution in [3.8, 4) is 5.69 Å². The van der Waals surface area contributed by atoms with Gasteiger partial charge in [-0.15, -0.1) is 0 Å². The first-order valence-electron chi connectivity index (χ1n) is 7.63. The van der Waals surface area contributed by atoms with Crippen molar-refractivity contribution in [2.75, 3.05) is 0 Å². The van der Waals surface area contributed by atoms with Gasteiger partial charge in [0.05, 0.1) is 16.6 Å². The van der Waals surface area contributed by atoms with Gasteiger partial charge in [-0.25, -0.2) is 17.6 Å². The van der Waals surface area contributed by atoms with E-state index in [1.54, 1.807) is 42.5 Å². The second kappa shape index (κ2) is 5.99. The summed E-state index contributed by atoms with van der Waals surface area (Å²) in [7, 11) is 0. The zero-order valence-corrected chi connectivity index (χ0v) is 14.7. The molecule has 0 spiro atoms. The van der Waals surface area contributed by atoms with Crippen molar-refractivity contribution < 1.29 is 17.6 Å². The summed E-state index contributed by atoms with van der Waals surface area (Å²) < 4.78 is 60.0. The maximum Gasteiger partial charge on any atom is 0.186 e. The van der Waals surface area contributed by atoms with Crippen LogP contribution in [-0.4, -0.2) is 4.57 Å². The zero-order chi connectivity index (χ0) is 18.6. The van der Waals surface area contributed by atoms with Crippen LogP contribution in [0.3, 0.4) is 0 Å². The molecule has 4 rings (SSSR count). The summed E-state index contributed by atoms with van der Waals surface area (Å²) in [4.78, 5) is 0. The van der Waals surface area contributed by atoms with E-state index in [1.165, 1.54) is 4.57 Å². The van der Waals surface area contributed by atoms with Crippen molar-refractivity contribution in [2.24, 2.45) is 0 Å². The first kappa shape index (κ1) is 16.8. The van der Waals surface area contributed by atoms with Crippen LogP contribution in [0.1, 0.15) is 5.56 Å². The third-order valence-corrected chi connectivity index (χ3v) is 4.83. The molecule has 1 aromatic heterocycles. The van der Waals surface area contributed by atoms with Crippen molar-refractivity contribution in [3.63, 3.8) is 0 Å². The van der Waals surface area contributed by atoms with E-state index < -0.39 is 34.5 Å². The number of para-hydroxylation sites is 1. The number of nitrogens with zero attached hydrogens (tertiary/aromatic N) is 1. The Morgan fingerprint density at radius 2 is 1.42 bits per heavy atom. The molecule has 1 heterocycles. The van der Waals surface area contributed by atoms with Crippen molar-refractivity contribution >= 4 is 43.8 Å². The fraction of sp³-hybridized carbons (Fsp3) is 0. The Balaban J connectivity index is 2.25. The van der Waals surface area contributed by atoms with E-state index in [0.717, 1.165) is 10.5 Å². The van der Waals surface area contributed by atoms with Crippen LogP contribution in [-0.2, 0) is 0 Å². The first-order valence-corrected chi connectivity index (χ1v) is 8.42. The normalized spacial score (nSPS) is 11.4. The van der Waals surface area contributed by atoms with Crippen LogP contribution in [0.15, 0.2) is 53.5 Å². The molecule has 0 N–H and O–H groups in total. The van der Waals surface area contributed by atoms with Crippen molar-refractivity contribution in [1.29, 1.82) is 0 Å². The zero-order valence-electron chi connectivity index (χ0n) is 13.2. The van der Waals surface area contributed by atoms with E-state index in [2.05, 4.69) is 22.5 Å². The lowest BCUT2D eigenvalue weighted by molar-refractivity contribution is 0.447. The number of aromatic nitrogens is 1. The van der Waals surface area contributed by atoms with Gasteiger partial charge in [-0.3, -0.25) is 0 Å². The molecule has 3 aromatic carbocycles. The van der Waals surface area contributed by atoms with Crippen LogP contribution in [0.2, 0.25) is 0 Å². The summed E-state index contributed by atoms with van der Waals surface area (Å²) in [6, 6.07) is 12.0. The maximum atomic E-state index is 14.7. The van der Waals surface area contributed by atoms with Gasteiger partial charge in [0.2, 0.25) is 0 Å². The minimum absolute atomic E-state index is 0.428. The monoisotopic (exact) mass is 419 g/mol. The Bertz CT molecular complexity index is 1180. The molecule has 0 fully saturated rings. The Morgan fingerprint density at radius 3 is 2.08 bits per heavy atom. The lowest BCUT2D eigenvalue weighted by Gasteiger charge is -2.13. The fourth-order valence-electron chi connectivity index (χ4n) is 3.20. The Kier molecular flexibility index (Phi) is 3.88. The molecule has 0 amide bonds. The lowest BCUT2D eigenvalue weighted by atomic mass is 10.1. The van der Waals surface area contributed by atoms with E-state index >= 15 is 0 Å². The number of fused-ring (bicyclic) bond motifs is 3. The highest BCUT2D eigenvalue weighted by Gasteiger charge is 2.27. The van der Waals surface area contributed by atoms with Gasteiger partial charge in [-0.05, 0) is 24.3 Å². The molecule has 6 heteroatoms. The van der Waals surface area contributed by atoms with Gasteiger partial charge in [-0.1, -0.05) is 46.8 Å². The molecule has 4 aromatic rings. The van der Waals surface area contributed by atoms with E-state index in [9.17, 15) is 17.6 Å². The largest absolute Gasteiger partial charge is 0.304 e. The molecule has 0 atom stereocenters. The predicted octanol–water partition coefficient (Wildman–Crippen LogP) is 6.75. The summed E-state index contributed by atoms with van der Waals surface area (Å²) in [6.45, 7) is 3.21. The SMILES string of the molecule is C=Cc1c(F)c(F)c(-n2c3ccccc3c3cc(Br)ccc32)c(F)c1F. The molecule has 0 bridgehead atoms. The van der Waals surface area contributed by atoms with Gasteiger partial charge in [0.15, 0.2) is 23.3 Å².